The normalized spacial score (nSPS) is 19.2. The van der Waals surface area contributed by atoms with Gasteiger partial charge in [-0.15, -0.1) is 22.3 Å². The van der Waals surface area contributed by atoms with Gasteiger partial charge in [0, 0.05) is 26.8 Å². The lowest BCUT2D eigenvalue weighted by Gasteiger charge is -2.12. The molecule has 0 aromatic carbocycles. The maximum absolute atomic E-state index is 12.3. The number of sulfonamides is 1. The van der Waals surface area contributed by atoms with Crippen LogP contribution in [-0.4, -0.2) is 49.9 Å². The Morgan fingerprint density at radius 2 is 2.18 bits per heavy atom. The third kappa shape index (κ3) is 3.60. The van der Waals surface area contributed by atoms with Gasteiger partial charge in [0.1, 0.15) is 4.21 Å². The second-order valence-electron chi connectivity index (χ2n) is 4.54. The monoisotopic (exact) mass is 357 g/mol. The van der Waals surface area contributed by atoms with E-state index in [9.17, 15) is 13.2 Å². The number of hydrogen-bond donors (Lipinski definition) is 0. The van der Waals surface area contributed by atoms with Crippen molar-refractivity contribution in [2.75, 3.05) is 20.6 Å². The van der Waals surface area contributed by atoms with Crippen LogP contribution in [0.5, 0.6) is 0 Å². The van der Waals surface area contributed by atoms with Crippen molar-refractivity contribution in [2.24, 2.45) is 4.40 Å². The molecule has 9 heteroatoms. The summed E-state index contributed by atoms with van der Waals surface area (Å²) in [6, 6.07) is 3.13. The molecular formula is C13H15N3O3S3. The SMILES string of the molecule is C=CCN1C(=O)/C(=C/N(C)C)S/C1=N\S(=O)(=O)c1cccs1. The van der Waals surface area contributed by atoms with Gasteiger partial charge in [-0.3, -0.25) is 9.69 Å². The lowest BCUT2D eigenvalue weighted by Crippen LogP contribution is -2.30. The summed E-state index contributed by atoms with van der Waals surface area (Å²) in [5, 5.41) is 1.81. The zero-order valence-electron chi connectivity index (χ0n) is 12.1. The van der Waals surface area contributed by atoms with E-state index in [-0.39, 0.29) is 21.8 Å². The van der Waals surface area contributed by atoms with Crippen molar-refractivity contribution in [1.82, 2.24) is 9.80 Å². The van der Waals surface area contributed by atoms with Gasteiger partial charge in [0.25, 0.3) is 15.9 Å². The Hall–Kier alpha value is -1.58. The molecule has 1 aliphatic heterocycles. The zero-order chi connectivity index (χ0) is 16.3. The second-order valence-corrected chi connectivity index (χ2v) is 8.33. The van der Waals surface area contributed by atoms with E-state index < -0.39 is 10.0 Å². The molecule has 1 fully saturated rings. The Morgan fingerprint density at radius 1 is 1.45 bits per heavy atom. The molecule has 1 amide bonds. The highest BCUT2D eigenvalue weighted by atomic mass is 32.2. The Kier molecular flexibility index (Phi) is 5.09. The number of carbonyl (C=O) groups excluding carboxylic acids is 1. The van der Waals surface area contributed by atoms with Crippen LogP contribution in [0.2, 0.25) is 0 Å². The van der Waals surface area contributed by atoms with Gasteiger partial charge in [0.05, 0.1) is 4.91 Å². The van der Waals surface area contributed by atoms with Crippen molar-refractivity contribution in [2.45, 2.75) is 4.21 Å². The van der Waals surface area contributed by atoms with E-state index in [4.69, 9.17) is 0 Å². The summed E-state index contributed by atoms with van der Waals surface area (Å²) >= 11 is 2.13. The minimum absolute atomic E-state index is 0.145. The molecule has 1 aromatic heterocycles. The summed E-state index contributed by atoms with van der Waals surface area (Å²) in [5.41, 5.74) is 0. The van der Waals surface area contributed by atoms with Gasteiger partial charge < -0.3 is 4.90 Å². The van der Waals surface area contributed by atoms with Crippen LogP contribution in [0.3, 0.4) is 0 Å². The lowest BCUT2D eigenvalue weighted by molar-refractivity contribution is -0.121. The summed E-state index contributed by atoms with van der Waals surface area (Å²) < 4.78 is 28.5. The maximum Gasteiger partial charge on any atom is 0.294 e. The molecule has 0 spiro atoms. The van der Waals surface area contributed by atoms with E-state index >= 15 is 0 Å². The van der Waals surface area contributed by atoms with Gasteiger partial charge in [-0.25, -0.2) is 0 Å². The van der Waals surface area contributed by atoms with Crippen LogP contribution in [-0.2, 0) is 14.8 Å². The summed E-state index contributed by atoms with van der Waals surface area (Å²) in [5.74, 6) is -0.279. The number of rotatable bonds is 5. The first kappa shape index (κ1) is 16.8. The van der Waals surface area contributed by atoms with Crippen molar-refractivity contribution >= 4 is 44.2 Å². The first-order chi connectivity index (χ1) is 10.3. The van der Waals surface area contributed by atoms with Crippen molar-refractivity contribution in [1.29, 1.82) is 0 Å². The molecular weight excluding hydrogens is 342 g/mol. The van der Waals surface area contributed by atoms with Crippen LogP contribution in [0, 0.1) is 0 Å². The molecule has 1 aliphatic rings. The van der Waals surface area contributed by atoms with Crippen LogP contribution in [0.1, 0.15) is 0 Å². The first-order valence-corrected chi connectivity index (χ1v) is 9.36. The van der Waals surface area contributed by atoms with Crippen LogP contribution >= 0.6 is 23.1 Å². The van der Waals surface area contributed by atoms with Crippen molar-refractivity contribution in [3.63, 3.8) is 0 Å². The van der Waals surface area contributed by atoms with Gasteiger partial charge >= 0.3 is 0 Å². The number of thiophene rings is 1. The number of amides is 1. The fourth-order valence-corrected chi connectivity index (χ4v) is 4.88. The summed E-state index contributed by atoms with van der Waals surface area (Å²) in [7, 11) is -0.234. The Labute approximate surface area is 137 Å². The van der Waals surface area contributed by atoms with E-state index in [1.165, 1.54) is 17.0 Å². The molecule has 0 atom stereocenters. The number of hydrogen-bond acceptors (Lipinski definition) is 6. The lowest BCUT2D eigenvalue weighted by atomic mass is 10.4. The van der Waals surface area contributed by atoms with Crippen molar-refractivity contribution in [3.8, 4) is 0 Å². The summed E-state index contributed by atoms with van der Waals surface area (Å²) in [6.45, 7) is 3.79. The van der Waals surface area contributed by atoms with Gasteiger partial charge in [-0.2, -0.15) is 8.42 Å². The maximum atomic E-state index is 12.3. The smallest absolute Gasteiger partial charge is 0.294 e. The van der Waals surface area contributed by atoms with Crippen molar-refractivity contribution in [3.05, 3.63) is 41.3 Å². The number of carbonyl (C=O) groups is 1. The fraction of sp³-hybridized carbons (Fsp3) is 0.231. The average molecular weight is 357 g/mol. The molecule has 0 saturated carbocycles. The minimum Gasteiger partial charge on any atom is -0.382 e. The van der Waals surface area contributed by atoms with Crippen molar-refractivity contribution < 1.29 is 13.2 Å². The molecule has 22 heavy (non-hydrogen) atoms. The van der Waals surface area contributed by atoms with Crippen LogP contribution in [0.15, 0.2) is 49.9 Å². The van der Waals surface area contributed by atoms with E-state index in [0.717, 1.165) is 23.1 Å². The molecule has 0 N–H and O–H groups in total. The molecule has 0 bridgehead atoms. The number of thioether (sulfide) groups is 1. The molecule has 1 saturated heterocycles. The largest absolute Gasteiger partial charge is 0.382 e. The molecule has 2 rings (SSSR count). The van der Waals surface area contributed by atoms with Crippen LogP contribution in [0.25, 0.3) is 0 Å². The topological polar surface area (TPSA) is 70.1 Å². The molecule has 0 aliphatic carbocycles. The van der Waals surface area contributed by atoms with E-state index in [0.29, 0.717) is 4.91 Å². The first-order valence-electron chi connectivity index (χ1n) is 6.22. The van der Waals surface area contributed by atoms with E-state index in [1.54, 1.807) is 36.6 Å². The molecule has 0 radical (unpaired) electrons. The minimum atomic E-state index is -3.81. The summed E-state index contributed by atoms with van der Waals surface area (Å²) in [6.07, 6.45) is 3.17. The summed E-state index contributed by atoms with van der Waals surface area (Å²) in [4.78, 5) is 15.8. The highest BCUT2D eigenvalue weighted by Gasteiger charge is 2.34. The standard InChI is InChI=1S/C13H15N3O3S3/c1-4-7-16-12(17)10(9-15(2)3)21-13(16)14-22(18,19)11-6-5-8-20-11/h4-6,8-9H,1,7H2,2-3H3/b10-9-,14-13-. The predicted molar refractivity (Wildman–Crippen MR) is 90.2 cm³/mol. The second kappa shape index (κ2) is 6.67. The van der Waals surface area contributed by atoms with Gasteiger partial charge in [0.15, 0.2) is 5.17 Å². The van der Waals surface area contributed by atoms with Gasteiger partial charge in [0.2, 0.25) is 0 Å². The third-order valence-corrected chi connectivity index (χ3v) is 6.27. The Bertz CT molecular complexity index is 734. The Balaban J connectivity index is 2.42. The molecule has 2 heterocycles. The van der Waals surface area contributed by atoms with Gasteiger partial charge in [-0.05, 0) is 23.2 Å². The number of nitrogens with zero attached hydrogens (tertiary/aromatic N) is 3. The highest BCUT2D eigenvalue weighted by molar-refractivity contribution is 8.19. The van der Waals surface area contributed by atoms with Crippen LogP contribution < -0.4 is 0 Å². The van der Waals surface area contributed by atoms with E-state index in [1.807, 2.05) is 0 Å². The highest BCUT2D eigenvalue weighted by Crippen LogP contribution is 2.32. The third-order valence-electron chi connectivity index (χ3n) is 2.52. The molecule has 1 aromatic rings. The quantitative estimate of drug-likeness (QED) is 0.595. The van der Waals surface area contributed by atoms with Crippen LogP contribution in [0.4, 0.5) is 0 Å². The Morgan fingerprint density at radius 3 is 2.73 bits per heavy atom. The molecule has 118 valence electrons. The number of amidine groups is 1. The fourth-order valence-electron chi connectivity index (χ4n) is 1.65. The zero-order valence-corrected chi connectivity index (χ0v) is 14.5. The van der Waals surface area contributed by atoms with E-state index in [2.05, 4.69) is 11.0 Å². The predicted octanol–water partition coefficient (Wildman–Crippen LogP) is 1.96. The van der Waals surface area contributed by atoms with Gasteiger partial charge in [-0.1, -0.05) is 12.1 Å². The average Bonchev–Trinajstić information content (AvgIpc) is 3.03. The molecule has 0 unspecified atom stereocenters. The molecule has 6 nitrogen and oxygen atoms in total.